The summed E-state index contributed by atoms with van der Waals surface area (Å²) in [7, 11) is 0. The van der Waals surface area contributed by atoms with Crippen LogP contribution in [-0.2, 0) is 30.3 Å². The van der Waals surface area contributed by atoms with Crippen LogP contribution in [0.2, 0.25) is 0 Å². The molecule has 3 N–H and O–H groups in total. The highest BCUT2D eigenvalue weighted by Gasteiger charge is 2.37. The number of carbonyl (C=O) groups is 4. The molecule has 10 heteroatoms. The Morgan fingerprint density at radius 3 is 2.03 bits per heavy atom. The van der Waals surface area contributed by atoms with E-state index in [2.05, 4.69) is 0 Å². The van der Waals surface area contributed by atoms with E-state index in [-0.39, 0.29) is 43.3 Å². The van der Waals surface area contributed by atoms with Crippen molar-refractivity contribution in [3.05, 3.63) is 23.8 Å². The van der Waals surface area contributed by atoms with Crippen LogP contribution < -0.4 is 15.2 Å². The molecule has 0 spiro atoms. The molecule has 0 aliphatic rings. The number of carbonyl (C=O) groups excluding carboxylic acids is 3. The summed E-state index contributed by atoms with van der Waals surface area (Å²) in [6.07, 6.45) is -0.714. The van der Waals surface area contributed by atoms with Gasteiger partial charge in [0.25, 0.3) is 0 Å². The first-order chi connectivity index (χ1) is 15.9. The van der Waals surface area contributed by atoms with Gasteiger partial charge < -0.3 is 29.8 Å². The zero-order valence-electron chi connectivity index (χ0n) is 20.4. The van der Waals surface area contributed by atoms with Crippen LogP contribution in [0.15, 0.2) is 18.2 Å². The van der Waals surface area contributed by atoms with Crippen molar-refractivity contribution in [2.75, 3.05) is 0 Å². The van der Waals surface area contributed by atoms with Gasteiger partial charge in [0.05, 0.1) is 0 Å². The third-order valence-corrected chi connectivity index (χ3v) is 4.92. The highest BCUT2D eigenvalue weighted by atomic mass is 16.7. The van der Waals surface area contributed by atoms with E-state index in [1.54, 1.807) is 20.8 Å². The SMILES string of the molecule is CCCC(C)OC(=O)O[C@@H](C)CC(N)(Cc1ccc(OC(=O)CC)c(OC(=O)CC)c1)C(=O)O. The summed E-state index contributed by atoms with van der Waals surface area (Å²) in [4.78, 5) is 47.5. The number of rotatable bonds is 13. The molecule has 0 bridgehead atoms. The van der Waals surface area contributed by atoms with Gasteiger partial charge >= 0.3 is 24.1 Å². The zero-order chi connectivity index (χ0) is 25.9. The molecule has 1 aromatic carbocycles. The highest BCUT2D eigenvalue weighted by molar-refractivity contribution is 5.79. The van der Waals surface area contributed by atoms with Gasteiger partial charge in [0.15, 0.2) is 11.5 Å². The van der Waals surface area contributed by atoms with Crippen LogP contribution in [0.1, 0.15) is 72.3 Å². The van der Waals surface area contributed by atoms with Crippen LogP contribution >= 0.6 is 0 Å². The number of carboxylic acid groups (broad SMARTS) is 1. The van der Waals surface area contributed by atoms with E-state index >= 15 is 0 Å². The van der Waals surface area contributed by atoms with Crippen LogP contribution in [-0.4, -0.2) is 46.9 Å². The summed E-state index contributed by atoms with van der Waals surface area (Å²) < 4.78 is 20.8. The molecule has 3 atom stereocenters. The second kappa shape index (κ2) is 13.5. The van der Waals surface area contributed by atoms with E-state index in [0.717, 1.165) is 6.42 Å². The number of hydrogen-bond donors (Lipinski definition) is 2. The number of aliphatic carboxylic acids is 1. The molecule has 0 saturated carbocycles. The molecule has 0 fully saturated rings. The van der Waals surface area contributed by atoms with Gasteiger partial charge in [0, 0.05) is 25.7 Å². The van der Waals surface area contributed by atoms with Crippen LogP contribution in [0.5, 0.6) is 11.5 Å². The predicted molar refractivity (Wildman–Crippen MR) is 123 cm³/mol. The summed E-state index contributed by atoms with van der Waals surface area (Å²) in [5.41, 5.74) is 4.81. The number of nitrogens with two attached hydrogens (primary N) is 1. The average molecular weight is 482 g/mol. The number of esters is 2. The van der Waals surface area contributed by atoms with Crippen LogP contribution in [0.3, 0.4) is 0 Å². The Kier molecular flexibility index (Phi) is 11.5. The third kappa shape index (κ3) is 9.38. The molecule has 0 radical (unpaired) electrons. The molecule has 190 valence electrons. The lowest BCUT2D eigenvalue weighted by Crippen LogP contribution is -2.52. The Morgan fingerprint density at radius 1 is 0.941 bits per heavy atom. The Balaban J connectivity index is 3.04. The van der Waals surface area contributed by atoms with Gasteiger partial charge in [-0.2, -0.15) is 0 Å². The van der Waals surface area contributed by atoms with E-state index in [1.807, 2.05) is 6.92 Å². The van der Waals surface area contributed by atoms with Gasteiger partial charge in [-0.05, 0) is 38.0 Å². The molecule has 0 aromatic heterocycles. The molecule has 0 heterocycles. The highest BCUT2D eigenvalue weighted by Crippen LogP contribution is 2.31. The average Bonchev–Trinajstić information content (AvgIpc) is 2.74. The molecule has 0 saturated heterocycles. The van der Waals surface area contributed by atoms with E-state index in [4.69, 9.17) is 24.7 Å². The quantitative estimate of drug-likeness (QED) is 0.315. The van der Waals surface area contributed by atoms with Crippen LogP contribution in [0.25, 0.3) is 0 Å². The van der Waals surface area contributed by atoms with Gasteiger partial charge in [-0.15, -0.1) is 0 Å². The maximum absolute atomic E-state index is 12.0. The minimum Gasteiger partial charge on any atom is -0.480 e. The molecule has 0 amide bonds. The molecular weight excluding hydrogens is 446 g/mol. The maximum Gasteiger partial charge on any atom is 0.508 e. The fourth-order valence-corrected chi connectivity index (χ4v) is 3.19. The molecule has 0 aliphatic heterocycles. The summed E-state index contributed by atoms with van der Waals surface area (Å²) in [5, 5.41) is 9.80. The van der Waals surface area contributed by atoms with Crippen molar-refractivity contribution in [1.29, 1.82) is 0 Å². The standard InChI is InChI=1S/C24H35NO9/c1-6-9-15(4)31-23(30)32-16(5)13-24(25,22(28)29)14-17-10-11-18(33-20(26)7-2)19(12-17)34-21(27)8-3/h10-12,15-16H,6-9,13-14,25H2,1-5H3,(H,28,29)/t15?,16-,24?/m0/s1. The Morgan fingerprint density at radius 2 is 1.50 bits per heavy atom. The topological polar surface area (TPSA) is 151 Å². The lowest BCUT2D eigenvalue weighted by Gasteiger charge is -2.28. The minimum absolute atomic E-state index is 0.0170. The number of hydrogen-bond acceptors (Lipinski definition) is 9. The van der Waals surface area contributed by atoms with Crippen molar-refractivity contribution in [1.82, 2.24) is 0 Å². The van der Waals surface area contributed by atoms with E-state index < -0.39 is 35.7 Å². The Bertz CT molecular complexity index is 870. The Hall–Kier alpha value is -3.14. The summed E-state index contributed by atoms with van der Waals surface area (Å²) in [6, 6.07) is 4.34. The first-order valence-corrected chi connectivity index (χ1v) is 11.4. The molecular formula is C24H35NO9. The summed E-state index contributed by atoms with van der Waals surface area (Å²) in [5.74, 6) is -2.36. The van der Waals surface area contributed by atoms with Gasteiger partial charge in [0.2, 0.25) is 0 Å². The number of ether oxygens (including phenoxy) is 4. The van der Waals surface area contributed by atoms with Gasteiger partial charge in [-0.1, -0.05) is 33.3 Å². The van der Waals surface area contributed by atoms with Crippen molar-refractivity contribution >= 4 is 24.1 Å². The van der Waals surface area contributed by atoms with E-state index in [1.165, 1.54) is 25.1 Å². The van der Waals surface area contributed by atoms with Crippen LogP contribution in [0.4, 0.5) is 4.79 Å². The first-order valence-electron chi connectivity index (χ1n) is 11.4. The Labute approximate surface area is 199 Å². The molecule has 2 unspecified atom stereocenters. The van der Waals surface area contributed by atoms with E-state index in [9.17, 15) is 24.3 Å². The van der Waals surface area contributed by atoms with Crippen LogP contribution in [0, 0.1) is 0 Å². The molecule has 0 aliphatic carbocycles. The molecule has 10 nitrogen and oxygen atoms in total. The number of benzene rings is 1. The summed E-state index contributed by atoms with van der Waals surface area (Å²) in [6.45, 7) is 8.45. The second-order valence-electron chi connectivity index (χ2n) is 8.17. The monoisotopic (exact) mass is 481 g/mol. The zero-order valence-corrected chi connectivity index (χ0v) is 20.4. The first kappa shape index (κ1) is 28.9. The van der Waals surface area contributed by atoms with Crippen molar-refractivity contribution in [3.63, 3.8) is 0 Å². The lowest BCUT2D eigenvalue weighted by molar-refractivity contribution is -0.145. The maximum atomic E-state index is 12.0. The van der Waals surface area contributed by atoms with Crippen molar-refractivity contribution < 1.29 is 43.2 Å². The third-order valence-electron chi connectivity index (χ3n) is 4.92. The predicted octanol–water partition coefficient (Wildman–Crippen LogP) is 3.76. The largest absolute Gasteiger partial charge is 0.508 e. The number of carboxylic acids is 1. The second-order valence-corrected chi connectivity index (χ2v) is 8.17. The van der Waals surface area contributed by atoms with E-state index in [0.29, 0.717) is 12.0 Å². The minimum atomic E-state index is -1.80. The van der Waals surface area contributed by atoms with Crippen molar-refractivity contribution in [2.45, 2.75) is 90.9 Å². The molecule has 1 rings (SSSR count). The van der Waals surface area contributed by atoms with Crippen molar-refractivity contribution in [2.24, 2.45) is 5.73 Å². The molecule has 1 aromatic rings. The smallest absolute Gasteiger partial charge is 0.480 e. The van der Waals surface area contributed by atoms with Gasteiger partial charge in [-0.25, -0.2) is 4.79 Å². The molecule has 34 heavy (non-hydrogen) atoms. The normalized spacial score (nSPS) is 14.3. The van der Waals surface area contributed by atoms with Crippen molar-refractivity contribution in [3.8, 4) is 11.5 Å². The fourth-order valence-electron chi connectivity index (χ4n) is 3.19. The van der Waals surface area contributed by atoms with Gasteiger partial charge in [0.1, 0.15) is 17.7 Å². The summed E-state index contributed by atoms with van der Waals surface area (Å²) >= 11 is 0. The van der Waals surface area contributed by atoms with Gasteiger partial charge in [-0.3, -0.25) is 14.4 Å². The lowest BCUT2D eigenvalue weighted by atomic mass is 9.86. The fraction of sp³-hybridized carbons (Fsp3) is 0.583.